The molecule has 96 valence electrons. The van der Waals surface area contributed by atoms with E-state index < -0.39 is 21.2 Å². The SMILES string of the molecule is CNC(=O)c1ccccc1NS(=O)(=O)C(C)C#N. The molecule has 0 saturated carbocycles. The van der Waals surface area contributed by atoms with Gasteiger partial charge in [0.15, 0.2) is 5.25 Å². The summed E-state index contributed by atoms with van der Waals surface area (Å²) in [7, 11) is -2.37. The van der Waals surface area contributed by atoms with Gasteiger partial charge in [-0.05, 0) is 19.1 Å². The van der Waals surface area contributed by atoms with Gasteiger partial charge in [0.2, 0.25) is 10.0 Å². The predicted molar refractivity (Wildman–Crippen MR) is 67.4 cm³/mol. The number of nitrogens with one attached hydrogen (secondary N) is 2. The second-order valence-corrected chi connectivity index (χ2v) is 5.54. The Hall–Kier alpha value is -2.07. The monoisotopic (exact) mass is 267 g/mol. The van der Waals surface area contributed by atoms with Crippen molar-refractivity contribution in [2.45, 2.75) is 12.2 Å². The lowest BCUT2D eigenvalue weighted by molar-refractivity contribution is 0.0964. The number of nitrogens with zero attached hydrogens (tertiary/aromatic N) is 1. The molecule has 18 heavy (non-hydrogen) atoms. The molecule has 1 unspecified atom stereocenters. The number of sulfonamides is 1. The van der Waals surface area contributed by atoms with E-state index in [1.165, 1.54) is 26.1 Å². The molecule has 1 amide bonds. The molecule has 1 aromatic carbocycles. The van der Waals surface area contributed by atoms with E-state index in [0.717, 1.165) is 0 Å². The highest BCUT2D eigenvalue weighted by molar-refractivity contribution is 7.93. The largest absolute Gasteiger partial charge is 0.355 e. The Bertz CT molecular complexity index is 590. The lowest BCUT2D eigenvalue weighted by Crippen LogP contribution is -2.26. The third-order valence-corrected chi connectivity index (χ3v) is 3.84. The smallest absolute Gasteiger partial charge is 0.253 e. The Morgan fingerprint density at radius 3 is 2.56 bits per heavy atom. The fraction of sp³-hybridized carbons (Fsp3) is 0.273. The molecule has 0 saturated heterocycles. The number of hydrogen-bond donors (Lipinski definition) is 2. The summed E-state index contributed by atoms with van der Waals surface area (Å²) < 4.78 is 25.7. The number of amides is 1. The number of anilines is 1. The molecule has 0 aromatic heterocycles. The van der Waals surface area contributed by atoms with Crippen molar-refractivity contribution in [3.63, 3.8) is 0 Å². The highest BCUT2D eigenvalue weighted by Crippen LogP contribution is 2.17. The van der Waals surface area contributed by atoms with Crippen molar-refractivity contribution in [1.82, 2.24) is 5.32 Å². The summed E-state index contributed by atoms with van der Waals surface area (Å²) in [6.45, 7) is 1.27. The molecule has 1 atom stereocenters. The molecule has 1 rings (SSSR count). The number of rotatable bonds is 4. The second kappa shape index (κ2) is 5.51. The first-order chi connectivity index (χ1) is 8.42. The number of hydrogen-bond acceptors (Lipinski definition) is 4. The van der Waals surface area contributed by atoms with Crippen LogP contribution in [-0.2, 0) is 10.0 Å². The standard InChI is InChI=1S/C11H13N3O3S/c1-8(7-12)18(16,17)14-10-6-4-3-5-9(10)11(15)13-2/h3-6,8,14H,1-2H3,(H,13,15). The summed E-state index contributed by atoms with van der Waals surface area (Å²) in [5.41, 5.74) is 0.354. The molecule has 6 nitrogen and oxygen atoms in total. The minimum absolute atomic E-state index is 0.152. The number of carbonyl (C=O) groups excluding carboxylic acids is 1. The van der Waals surface area contributed by atoms with Crippen LogP contribution in [0.25, 0.3) is 0 Å². The number of para-hydroxylation sites is 1. The Balaban J connectivity index is 3.14. The summed E-state index contributed by atoms with van der Waals surface area (Å²) in [4.78, 5) is 11.5. The third kappa shape index (κ3) is 2.99. The zero-order valence-corrected chi connectivity index (χ0v) is 10.8. The van der Waals surface area contributed by atoms with Gasteiger partial charge in [-0.1, -0.05) is 12.1 Å². The second-order valence-electron chi connectivity index (χ2n) is 3.54. The third-order valence-electron chi connectivity index (χ3n) is 2.30. The molecule has 2 N–H and O–H groups in total. The minimum Gasteiger partial charge on any atom is -0.355 e. The molecule has 0 spiro atoms. The van der Waals surface area contributed by atoms with Gasteiger partial charge in [0.1, 0.15) is 0 Å². The van der Waals surface area contributed by atoms with Crippen LogP contribution in [0.15, 0.2) is 24.3 Å². The summed E-state index contributed by atoms with van der Waals surface area (Å²) in [5.74, 6) is -0.405. The Morgan fingerprint density at radius 1 is 1.39 bits per heavy atom. The molecule has 7 heteroatoms. The first kappa shape index (κ1) is 14.0. The molecule has 0 radical (unpaired) electrons. The Labute approximate surface area is 106 Å². The van der Waals surface area contributed by atoms with E-state index in [-0.39, 0.29) is 11.3 Å². The highest BCUT2D eigenvalue weighted by Gasteiger charge is 2.22. The van der Waals surface area contributed by atoms with Gasteiger partial charge in [0.05, 0.1) is 17.3 Å². The van der Waals surface area contributed by atoms with E-state index in [1.54, 1.807) is 18.2 Å². The lowest BCUT2D eigenvalue weighted by Gasteiger charge is -2.12. The van der Waals surface area contributed by atoms with Crippen LogP contribution in [0.2, 0.25) is 0 Å². The zero-order chi connectivity index (χ0) is 13.8. The molecular weight excluding hydrogens is 254 g/mol. The molecular formula is C11H13N3O3S. The van der Waals surface area contributed by atoms with Crippen LogP contribution >= 0.6 is 0 Å². The first-order valence-corrected chi connectivity index (χ1v) is 6.69. The molecule has 0 heterocycles. The minimum atomic E-state index is -3.82. The van der Waals surface area contributed by atoms with Crippen LogP contribution in [0.1, 0.15) is 17.3 Å². The normalized spacial score (nSPS) is 12.3. The van der Waals surface area contributed by atoms with Crippen molar-refractivity contribution in [2.75, 3.05) is 11.8 Å². The quantitative estimate of drug-likeness (QED) is 0.838. The summed E-state index contributed by atoms with van der Waals surface area (Å²) in [5, 5.41) is 9.84. The summed E-state index contributed by atoms with van der Waals surface area (Å²) >= 11 is 0. The highest BCUT2D eigenvalue weighted by atomic mass is 32.2. The fourth-order valence-corrected chi connectivity index (χ4v) is 2.02. The molecule has 0 bridgehead atoms. The maximum absolute atomic E-state index is 11.7. The molecule has 1 aromatic rings. The zero-order valence-electron chi connectivity index (χ0n) is 9.97. The predicted octanol–water partition coefficient (Wildman–Crippen LogP) is 0.700. The Kier molecular flexibility index (Phi) is 4.28. The van der Waals surface area contributed by atoms with Crippen LogP contribution < -0.4 is 10.0 Å². The van der Waals surface area contributed by atoms with E-state index in [4.69, 9.17) is 5.26 Å². The van der Waals surface area contributed by atoms with Crippen LogP contribution in [-0.4, -0.2) is 26.6 Å². The fourth-order valence-electron chi connectivity index (χ4n) is 1.22. The summed E-state index contributed by atoms with van der Waals surface area (Å²) in [6, 6.07) is 7.82. The van der Waals surface area contributed by atoms with Crippen LogP contribution in [0, 0.1) is 11.3 Å². The van der Waals surface area contributed by atoms with Crippen molar-refractivity contribution >= 4 is 21.6 Å². The van der Waals surface area contributed by atoms with Crippen LogP contribution in [0.5, 0.6) is 0 Å². The molecule has 0 aliphatic rings. The van der Waals surface area contributed by atoms with Gasteiger partial charge in [-0.2, -0.15) is 5.26 Å². The van der Waals surface area contributed by atoms with E-state index in [9.17, 15) is 13.2 Å². The number of nitriles is 1. The lowest BCUT2D eigenvalue weighted by atomic mass is 10.2. The topological polar surface area (TPSA) is 99.1 Å². The van der Waals surface area contributed by atoms with Crippen molar-refractivity contribution in [1.29, 1.82) is 5.26 Å². The Morgan fingerprint density at radius 2 is 2.00 bits per heavy atom. The molecule has 0 aliphatic heterocycles. The van der Waals surface area contributed by atoms with Crippen molar-refractivity contribution in [2.24, 2.45) is 0 Å². The average Bonchev–Trinajstić information content (AvgIpc) is 2.37. The van der Waals surface area contributed by atoms with Crippen LogP contribution in [0.3, 0.4) is 0 Å². The van der Waals surface area contributed by atoms with Gasteiger partial charge in [-0.25, -0.2) is 8.42 Å². The van der Waals surface area contributed by atoms with Gasteiger partial charge in [-0.15, -0.1) is 0 Å². The van der Waals surface area contributed by atoms with Crippen molar-refractivity contribution in [3.05, 3.63) is 29.8 Å². The molecule has 0 fully saturated rings. The number of benzene rings is 1. The van der Waals surface area contributed by atoms with Gasteiger partial charge >= 0.3 is 0 Å². The first-order valence-electron chi connectivity index (χ1n) is 5.14. The maximum Gasteiger partial charge on any atom is 0.253 e. The summed E-state index contributed by atoms with van der Waals surface area (Å²) in [6.07, 6.45) is 0. The molecule has 0 aliphatic carbocycles. The maximum atomic E-state index is 11.7. The van der Waals surface area contributed by atoms with Gasteiger partial charge in [0, 0.05) is 7.05 Å². The number of carbonyl (C=O) groups is 1. The van der Waals surface area contributed by atoms with E-state index in [0.29, 0.717) is 0 Å². The van der Waals surface area contributed by atoms with E-state index in [2.05, 4.69) is 10.0 Å². The van der Waals surface area contributed by atoms with Gasteiger partial charge in [0.25, 0.3) is 5.91 Å². The van der Waals surface area contributed by atoms with Gasteiger partial charge < -0.3 is 5.32 Å². The van der Waals surface area contributed by atoms with Crippen molar-refractivity contribution in [3.8, 4) is 6.07 Å². The van der Waals surface area contributed by atoms with Crippen molar-refractivity contribution < 1.29 is 13.2 Å². The van der Waals surface area contributed by atoms with Crippen LogP contribution in [0.4, 0.5) is 5.69 Å². The average molecular weight is 267 g/mol. The van der Waals surface area contributed by atoms with E-state index >= 15 is 0 Å². The van der Waals surface area contributed by atoms with Gasteiger partial charge in [-0.3, -0.25) is 9.52 Å². The van der Waals surface area contributed by atoms with E-state index in [1.807, 2.05) is 0 Å².